The quantitative estimate of drug-likeness (QED) is 0.0690. The van der Waals surface area contributed by atoms with E-state index in [0.29, 0.717) is 16.7 Å². The minimum absolute atomic E-state index is 0.0188. The molecule has 1 aromatic heterocycles. The Morgan fingerprint density at radius 3 is 2.50 bits per heavy atom. The van der Waals surface area contributed by atoms with E-state index in [4.69, 9.17) is 19.6 Å². The normalized spacial score (nSPS) is 11.6. The van der Waals surface area contributed by atoms with Gasteiger partial charge in [0.2, 0.25) is 0 Å². The summed E-state index contributed by atoms with van der Waals surface area (Å²) >= 11 is 0. The molecular weight excluding hydrogens is 514 g/mol. The van der Waals surface area contributed by atoms with Crippen LogP contribution < -0.4 is 21.6 Å². The Labute approximate surface area is 232 Å². The van der Waals surface area contributed by atoms with Gasteiger partial charge in [-0.05, 0) is 61.9 Å². The van der Waals surface area contributed by atoms with Crippen molar-refractivity contribution in [1.82, 2.24) is 5.32 Å². The van der Waals surface area contributed by atoms with Crippen molar-refractivity contribution in [3.8, 4) is 0 Å². The number of rotatable bonds is 14. The van der Waals surface area contributed by atoms with Gasteiger partial charge in [-0.2, -0.15) is 0 Å². The van der Waals surface area contributed by atoms with Gasteiger partial charge >= 0.3 is 11.6 Å². The number of ether oxygens (including phenoxy) is 2. The number of nitrogens with one attached hydrogen (secondary N) is 1. The largest absolute Gasteiger partial charge is 0.460 e. The minimum Gasteiger partial charge on any atom is -0.460 e. The van der Waals surface area contributed by atoms with Crippen molar-refractivity contribution in [2.75, 3.05) is 56.7 Å². The summed E-state index contributed by atoms with van der Waals surface area (Å²) in [6.45, 7) is 5.78. The van der Waals surface area contributed by atoms with Crippen LogP contribution in [-0.4, -0.2) is 63.0 Å². The van der Waals surface area contributed by atoms with Crippen LogP contribution in [-0.2, 0) is 14.3 Å². The van der Waals surface area contributed by atoms with E-state index in [1.165, 1.54) is 12.1 Å². The molecule has 4 N–H and O–H groups in total. The predicted molar refractivity (Wildman–Crippen MR) is 155 cm³/mol. The molecule has 10 nitrogen and oxygen atoms in total. The zero-order valence-electron chi connectivity index (χ0n) is 22.7. The lowest BCUT2D eigenvalue weighted by Gasteiger charge is -2.21. The SMILES string of the molecule is CCN(CC)c1ccc2cc(C(=O)NCCOCCOC(=O)C(C=Cc3ccc(N)cc3)=CCO)c(=O)oc2c1. The van der Waals surface area contributed by atoms with Gasteiger partial charge in [0.1, 0.15) is 17.8 Å². The summed E-state index contributed by atoms with van der Waals surface area (Å²) in [6, 6.07) is 14.1. The van der Waals surface area contributed by atoms with Crippen molar-refractivity contribution in [3.63, 3.8) is 0 Å². The highest BCUT2D eigenvalue weighted by atomic mass is 16.6. The van der Waals surface area contributed by atoms with Crippen molar-refractivity contribution in [3.05, 3.63) is 87.8 Å². The Balaban J connectivity index is 1.42. The van der Waals surface area contributed by atoms with E-state index < -0.39 is 17.5 Å². The predicted octanol–water partition coefficient (Wildman–Crippen LogP) is 3.14. The maximum atomic E-state index is 12.5. The lowest BCUT2D eigenvalue weighted by Crippen LogP contribution is -2.31. The van der Waals surface area contributed by atoms with Gasteiger partial charge in [0.15, 0.2) is 0 Å². The Kier molecular flexibility index (Phi) is 11.5. The first-order chi connectivity index (χ1) is 19.4. The lowest BCUT2D eigenvalue weighted by molar-refractivity contribution is -0.140. The van der Waals surface area contributed by atoms with Gasteiger partial charge in [-0.3, -0.25) is 4.79 Å². The highest BCUT2D eigenvalue weighted by molar-refractivity contribution is 5.97. The number of anilines is 2. The molecule has 0 atom stereocenters. The van der Waals surface area contributed by atoms with Gasteiger partial charge in [0, 0.05) is 42.5 Å². The Hall–Kier alpha value is -4.41. The van der Waals surface area contributed by atoms with Crippen LogP contribution >= 0.6 is 0 Å². The lowest BCUT2D eigenvalue weighted by atomic mass is 10.1. The molecule has 3 rings (SSSR count). The van der Waals surface area contributed by atoms with E-state index in [9.17, 15) is 19.5 Å². The fourth-order valence-corrected chi connectivity index (χ4v) is 3.87. The van der Waals surface area contributed by atoms with Crippen LogP contribution in [0.2, 0.25) is 0 Å². The summed E-state index contributed by atoms with van der Waals surface area (Å²) in [5.74, 6) is -1.17. The molecule has 0 radical (unpaired) electrons. The molecule has 0 unspecified atom stereocenters. The average molecular weight is 550 g/mol. The second-order valence-corrected chi connectivity index (χ2v) is 8.69. The van der Waals surface area contributed by atoms with E-state index >= 15 is 0 Å². The Bertz CT molecular complexity index is 1410. The van der Waals surface area contributed by atoms with E-state index in [1.807, 2.05) is 26.0 Å². The van der Waals surface area contributed by atoms with Crippen LogP contribution in [0.25, 0.3) is 17.0 Å². The van der Waals surface area contributed by atoms with Crippen LogP contribution in [0.15, 0.2) is 75.5 Å². The second kappa shape index (κ2) is 15.2. The number of carbonyl (C=O) groups is 2. The fourth-order valence-electron chi connectivity index (χ4n) is 3.87. The Morgan fingerprint density at radius 1 is 1.05 bits per heavy atom. The first-order valence-electron chi connectivity index (χ1n) is 13.1. The van der Waals surface area contributed by atoms with Gasteiger partial charge in [-0.25, -0.2) is 9.59 Å². The third kappa shape index (κ3) is 8.55. The molecule has 1 amide bonds. The monoisotopic (exact) mass is 549 g/mol. The highest BCUT2D eigenvalue weighted by Gasteiger charge is 2.14. The molecule has 1 heterocycles. The zero-order chi connectivity index (χ0) is 28.9. The van der Waals surface area contributed by atoms with Gasteiger partial charge in [-0.1, -0.05) is 18.2 Å². The standard InChI is InChI=1S/C30H35N3O7/c1-3-33(4-2)25-12-9-23-19-26(30(37)40-27(23)20-25)28(35)32-14-16-38-17-18-39-29(36)22(13-15-34)8-5-21-6-10-24(31)11-7-21/h5-13,19-20,34H,3-4,14-18,31H2,1-2H3,(H,32,35). The molecular formula is C30H35N3O7. The number of aliphatic hydroxyl groups is 1. The molecule has 0 spiro atoms. The molecule has 2 aromatic carbocycles. The topological polar surface area (TPSA) is 144 Å². The molecule has 40 heavy (non-hydrogen) atoms. The van der Waals surface area contributed by atoms with Crippen LogP contribution in [0.1, 0.15) is 29.8 Å². The van der Waals surface area contributed by atoms with Crippen LogP contribution in [0, 0.1) is 0 Å². The van der Waals surface area contributed by atoms with E-state index in [1.54, 1.807) is 42.5 Å². The molecule has 0 aliphatic carbocycles. The van der Waals surface area contributed by atoms with Crippen molar-refractivity contribution in [2.24, 2.45) is 0 Å². The summed E-state index contributed by atoms with van der Waals surface area (Å²) < 4.78 is 16.0. The number of carbonyl (C=O) groups excluding carboxylic acids is 2. The molecule has 0 saturated heterocycles. The zero-order valence-corrected chi connectivity index (χ0v) is 22.7. The highest BCUT2D eigenvalue weighted by Crippen LogP contribution is 2.22. The van der Waals surface area contributed by atoms with Crippen molar-refractivity contribution in [2.45, 2.75) is 13.8 Å². The minimum atomic E-state index is -0.716. The molecule has 0 aliphatic rings. The summed E-state index contributed by atoms with van der Waals surface area (Å²) in [4.78, 5) is 39.4. The number of benzene rings is 2. The number of nitrogen functional groups attached to an aromatic ring is 1. The maximum absolute atomic E-state index is 12.5. The van der Waals surface area contributed by atoms with Crippen molar-refractivity contribution < 1.29 is 28.6 Å². The van der Waals surface area contributed by atoms with Gasteiger partial charge in [-0.15, -0.1) is 0 Å². The van der Waals surface area contributed by atoms with E-state index in [-0.39, 0.29) is 44.1 Å². The molecule has 0 bridgehead atoms. The molecule has 0 saturated carbocycles. The Morgan fingerprint density at radius 2 is 1.80 bits per heavy atom. The number of nitrogens with two attached hydrogens (primary N) is 1. The number of hydrogen-bond acceptors (Lipinski definition) is 9. The molecule has 0 fully saturated rings. The van der Waals surface area contributed by atoms with Gasteiger partial charge in [0.25, 0.3) is 5.91 Å². The van der Waals surface area contributed by atoms with Gasteiger partial charge < -0.3 is 34.9 Å². The first kappa shape index (κ1) is 30.1. The van der Waals surface area contributed by atoms with Crippen LogP contribution in [0.5, 0.6) is 0 Å². The van der Waals surface area contributed by atoms with Crippen molar-refractivity contribution >= 4 is 40.3 Å². The number of nitrogens with zero attached hydrogens (tertiary/aromatic N) is 1. The van der Waals surface area contributed by atoms with Crippen LogP contribution in [0.4, 0.5) is 11.4 Å². The van der Waals surface area contributed by atoms with Gasteiger partial charge in [0.05, 0.1) is 25.4 Å². The molecule has 0 aliphatic heterocycles. The third-order valence-corrected chi connectivity index (χ3v) is 6.02. The summed E-state index contributed by atoms with van der Waals surface area (Å²) in [6.07, 6.45) is 4.61. The third-order valence-electron chi connectivity index (χ3n) is 6.02. The summed E-state index contributed by atoms with van der Waals surface area (Å²) in [5.41, 5.74) is 7.89. The summed E-state index contributed by atoms with van der Waals surface area (Å²) in [5, 5.41) is 12.5. The number of hydrogen-bond donors (Lipinski definition) is 3. The van der Waals surface area contributed by atoms with Crippen LogP contribution in [0.3, 0.4) is 0 Å². The number of amides is 1. The smallest absolute Gasteiger partial charge is 0.349 e. The maximum Gasteiger partial charge on any atom is 0.349 e. The first-order valence-corrected chi connectivity index (χ1v) is 13.1. The number of aliphatic hydroxyl groups excluding tert-OH is 1. The number of esters is 1. The molecule has 3 aromatic rings. The van der Waals surface area contributed by atoms with E-state index in [0.717, 1.165) is 24.3 Å². The summed E-state index contributed by atoms with van der Waals surface area (Å²) in [7, 11) is 0. The van der Waals surface area contributed by atoms with Crippen molar-refractivity contribution in [1.29, 1.82) is 0 Å². The second-order valence-electron chi connectivity index (χ2n) is 8.69. The fraction of sp³-hybridized carbons (Fsp3) is 0.300. The average Bonchev–Trinajstić information content (AvgIpc) is 2.95. The molecule has 212 valence electrons. The molecule has 10 heteroatoms. The van der Waals surface area contributed by atoms with E-state index in [2.05, 4.69) is 10.2 Å². The number of fused-ring (bicyclic) bond motifs is 1.